The summed E-state index contributed by atoms with van der Waals surface area (Å²) in [5.74, 6) is -0.526. The van der Waals surface area contributed by atoms with E-state index in [4.69, 9.17) is 4.74 Å². The van der Waals surface area contributed by atoms with Crippen LogP contribution in [0.3, 0.4) is 0 Å². The molecule has 0 N–H and O–H groups in total. The highest BCUT2D eigenvalue weighted by Gasteiger charge is 2.18. The Labute approximate surface area is 152 Å². The maximum atomic E-state index is 12.1. The second-order valence-electron chi connectivity index (χ2n) is 5.49. The molecule has 10 heteroatoms. The van der Waals surface area contributed by atoms with Gasteiger partial charge < -0.3 is 4.74 Å². The number of hydrogen-bond donors (Lipinski definition) is 0. The number of nitro groups is 1. The standard InChI is InChI=1S/C16H17N3O6S/c1-10(26-13-6-4-11(5-7-13)19(23)24)15(21)25-9-12-8-14(20)18(3)16(22)17(12)2/h4-8,10H,9H2,1-3H3. The van der Waals surface area contributed by atoms with E-state index < -0.39 is 27.4 Å². The average Bonchev–Trinajstić information content (AvgIpc) is 2.61. The van der Waals surface area contributed by atoms with Gasteiger partial charge in [0.15, 0.2) is 0 Å². The molecule has 0 saturated carbocycles. The van der Waals surface area contributed by atoms with Crippen molar-refractivity contribution < 1.29 is 14.5 Å². The molecule has 1 aromatic heterocycles. The highest BCUT2D eigenvalue weighted by molar-refractivity contribution is 8.00. The average molecular weight is 379 g/mol. The third-order valence-electron chi connectivity index (χ3n) is 3.68. The molecule has 0 aliphatic carbocycles. The van der Waals surface area contributed by atoms with E-state index in [0.29, 0.717) is 10.6 Å². The van der Waals surface area contributed by atoms with Crippen LogP contribution in [0.2, 0.25) is 0 Å². The first-order chi connectivity index (χ1) is 12.2. The van der Waals surface area contributed by atoms with Crippen molar-refractivity contribution in [3.63, 3.8) is 0 Å². The van der Waals surface area contributed by atoms with Crippen LogP contribution in [0.5, 0.6) is 0 Å². The lowest BCUT2D eigenvalue weighted by molar-refractivity contribution is -0.384. The van der Waals surface area contributed by atoms with E-state index in [9.17, 15) is 24.5 Å². The molecule has 0 amide bonds. The number of benzene rings is 1. The quantitative estimate of drug-likeness (QED) is 0.321. The minimum absolute atomic E-state index is 0.0313. The van der Waals surface area contributed by atoms with Crippen molar-refractivity contribution in [2.75, 3.05) is 0 Å². The van der Waals surface area contributed by atoms with Gasteiger partial charge in [-0.25, -0.2) is 4.79 Å². The summed E-state index contributed by atoms with van der Waals surface area (Å²) >= 11 is 1.19. The summed E-state index contributed by atoms with van der Waals surface area (Å²) in [6.45, 7) is 1.43. The summed E-state index contributed by atoms with van der Waals surface area (Å²) in [5.41, 5.74) is -0.723. The smallest absolute Gasteiger partial charge is 0.330 e. The van der Waals surface area contributed by atoms with Crippen LogP contribution in [0.4, 0.5) is 5.69 Å². The van der Waals surface area contributed by atoms with Crippen LogP contribution in [0.1, 0.15) is 12.6 Å². The number of rotatable bonds is 6. The number of hydrogen-bond acceptors (Lipinski definition) is 7. The summed E-state index contributed by atoms with van der Waals surface area (Å²) in [5, 5.41) is 10.1. The minimum atomic E-state index is -0.569. The van der Waals surface area contributed by atoms with Crippen LogP contribution < -0.4 is 11.2 Å². The van der Waals surface area contributed by atoms with E-state index in [0.717, 1.165) is 4.57 Å². The third-order valence-corrected chi connectivity index (χ3v) is 4.77. The summed E-state index contributed by atoms with van der Waals surface area (Å²) in [4.78, 5) is 46.4. The van der Waals surface area contributed by atoms with E-state index in [1.807, 2.05) is 0 Å². The van der Waals surface area contributed by atoms with Crippen LogP contribution in [-0.2, 0) is 30.2 Å². The van der Waals surface area contributed by atoms with Crippen molar-refractivity contribution >= 4 is 23.4 Å². The van der Waals surface area contributed by atoms with Gasteiger partial charge in [0.2, 0.25) is 0 Å². The molecule has 9 nitrogen and oxygen atoms in total. The maximum Gasteiger partial charge on any atom is 0.330 e. The summed E-state index contributed by atoms with van der Waals surface area (Å²) in [6, 6.07) is 7.06. The van der Waals surface area contributed by atoms with Gasteiger partial charge >= 0.3 is 11.7 Å². The molecule has 26 heavy (non-hydrogen) atoms. The predicted molar refractivity (Wildman–Crippen MR) is 95.1 cm³/mol. The number of nitro benzene ring substituents is 1. The summed E-state index contributed by atoms with van der Waals surface area (Å²) in [6.07, 6.45) is 0. The van der Waals surface area contributed by atoms with Crippen molar-refractivity contribution in [2.24, 2.45) is 14.1 Å². The van der Waals surface area contributed by atoms with Crippen molar-refractivity contribution in [3.05, 3.63) is 67.0 Å². The molecule has 1 aromatic carbocycles. The van der Waals surface area contributed by atoms with Crippen LogP contribution >= 0.6 is 11.8 Å². The number of non-ortho nitro benzene ring substituents is 1. The molecule has 2 aromatic rings. The number of aromatic nitrogens is 2. The molecule has 1 unspecified atom stereocenters. The fourth-order valence-corrected chi connectivity index (χ4v) is 2.94. The van der Waals surface area contributed by atoms with E-state index in [1.54, 1.807) is 19.1 Å². The fraction of sp³-hybridized carbons (Fsp3) is 0.312. The summed E-state index contributed by atoms with van der Waals surface area (Å²) < 4.78 is 7.37. The summed E-state index contributed by atoms with van der Waals surface area (Å²) in [7, 11) is 2.85. The van der Waals surface area contributed by atoms with Gasteiger partial charge in [0.05, 0.1) is 10.6 Å². The van der Waals surface area contributed by atoms with Gasteiger partial charge in [0.1, 0.15) is 11.9 Å². The lowest BCUT2D eigenvalue weighted by Crippen LogP contribution is -2.38. The number of esters is 1. The molecule has 0 radical (unpaired) electrons. The number of nitrogens with zero attached hydrogens (tertiary/aromatic N) is 3. The van der Waals surface area contributed by atoms with Gasteiger partial charge in [-0.2, -0.15) is 0 Å². The molecule has 0 aliphatic heterocycles. The Morgan fingerprint density at radius 2 is 1.85 bits per heavy atom. The van der Waals surface area contributed by atoms with Crippen molar-refractivity contribution in [3.8, 4) is 0 Å². The molecular formula is C16H17N3O6S. The first kappa shape index (κ1) is 19.4. The molecule has 0 fully saturated rings. The van der Waals surface area contributed by atoms with Gasteiger partial charge in [-0.05, 0) is 19.1 Å². The molecule has 138 valence electrons. The number of ether oxygens (including phenoxy) is 1. The molecule has 0 spiro atoms. The topological polar surface area (TPSA) is 113 Å². The Balaban J connectivity index is 2.00. The molecule has 1 heterocycles. The zero-order valence-corrected chi connectivity index (χ0v) is 15.2. The highest BCUT2D eigenvalue weighted by Crippen LogP contribution is 2.26. The van der Waals surface area contributed by atoms with E-state index in [2.05, 4.69) is 0 Å². The molecule has 0 aliphatic rings. The number of carbonyl (C=O) groups excluding carboxylic acids is 1. The Kier molecular flexibility index (Phi) is 5.98. The van der Waals surface area contributed by atoms with E-state index in [1.165, 1.54) is 48.6 Å². The Hall–Kier alpha value is -2.88. The van der Waals surface area contributed by atoms with E-state index >= 15 is 0 Å². The van der Waals surface area contributed by atoms with Gasteiger partial charge in [0.25, 0.3) is 11.2 Å². The maximum absolute atomic E-state index is 12.1. The Bertz CT molecular complexity index is 948. The number of thioether (sulfide) groups is 1. The SMILES string of the molecule is CC(Sc1ccc([N+](=O)[O-])cc1)C(=O)OCc1cc(=O)n(C)c(=O)n1C. The zero-order chi connectivity index (χ0) is 19.4. The third kappa shape index (κ3) is 4.39. The molecular weight excluding hydrogens is 362 g/mol. The molecule has 0 saturated heterocycles. The van der Waals surface area contributed by atoms with Crippen LogP contribution in [0.25, 0.3) is 0 Å². The lowest BCUT2D eigenvalue weighted by Gasteiger charge is -2.13. The second kappa shape index (κ2) is 8.00. The fourth-order valence-electron chi connectivity index (χ4n) is 2.08. The second-order valence-corrected chi connectivity index (χ2v) is 6.91. The molecule has 0 bridgehead atoms. The van der Waals surface area contributed by atoms with Crippen LogP contribution in [0.15, 0.2) is 44.8 Å². The Morgan fingerprint density at radius 1 is 1.23 bits per heavy atom. The number of carbonyl (C=O) groups is 1. The first-order valence-electron chi connectivity index (χ1n) is 7.54. The van der Waals surface area contributed by atoms with Gasteiger partial charge in [-0.3, -0.25) is 28.8 Å². The van der Waals surface area contributed by atoms with Crippen LogP contribution in [-0.4, -0.2) is 25.3 Å². The van der Waals surface area contributed by atoms with Crippen molar-refractivity contribution in [1.82, 2.24) is 9.13 Å². The highest BCUT2D eigenvalue weighted by atomic mass is 32.2. The largest absolute Gasteiger partial charge is 0.458 e. The monoisotopic (exact) mass is 379 g/mol. The van der Waals surface area contributed by atoms with Gasteiger partial charge in [-0.15, -0.1) is 11.8 Å². The normalized spacial score (nSPS) is 11.8. The lowest BCUT2D eigenvalue weighted by atomic mass is 10.3. The minimum Gasteiger partial charge on any atom is -0.458 e. The van der Waals surface area contributed by atoms with Crippen molar-refractivity contribution in [1.29, 1.82) is 0 Å². The molecule has 2 rings (SSSR count). The van der Waals surface area contributed by atoms with Crippen LogP contribution in [0, 0.1) is 10.1 Å². The Morgan fingerprint density at radius 3 is 2.42 bits per heavy atom. The first-order valence-corrected chi connectivity index (χ1v) is 8.42. The molecule has 1 atom stereocenters. The van der Waals surface area contributed by atoms with E-state index in [-0.39, 0.29) is 12.3 Å². The van der Waals surface area contributed by atoms with Crippen molar-refractivity contribution in [2.45, 2.75) is 23.7 Å². The zero-order valence-electron chi connectivity index (χ0n) is 14.4. The van der Waals surface area contributed by atoms with Gasteiger partial charge in [0, 0.05) is 37.2 Å². The predicted octanol–water partition coefficient (Wildman–Crippen LogP) is 1.22. The van der Waals surface area contributed by atoms with Gasteiger partial charge in [-0.1, -0.05) is 0 Å².